The van der Waals surface area contributed by atoms with Crippen LogP contribution in [0.2, 0.25) is 0 Å². The number of hydrogen-bond donors (Lipinski definition) is 1. The van der Waals surface area contributed by atoms with Gasteiger partial charge in [0, 0.05) is 17.7 Å². The fourth-order valence-corrected chi connectivity index (χ4v) is 3.12. The van der Waals surface area contributed by atoms with Crippen LogP contribution in [0, 0.1) is 10.1 Å². The molecule has 0 saturated heterocycles. The van der Waals surface area contributed by atoms with Crippen molar-refractivity contribution >= 4 is 17.8 Å². The maximum atomic E-state index is 12.9. The first kappa shape index (κ1) is 21.4. The second-order valence-electron chi connectivity index (χ2n) is 6.94. The smallest absolute Gasteiger partial charge is 0.290 e. The van der Waals surface area contributed by atoms with E-state index < -0.39 is 10.8 Å². The molecule has 0 unspecified atom stereocenters. The lowest BCUT2D eigenvalue weighted by Crippen LogP contribution is -2.21. The molecule has 1 aromatic heterocycles. The molecule has 0 saturated carbocycles. The number of nitro benzene ring substituents is 1. The molecule has 0 fully saturated rings. The van der Waals surface area contributed by atoms with Crippen LogP contribution < -0.4 is 10.2 Å². The van der Waals surface area contributed by atoms with Gasteiger partial charge in [-0.15, -0.1) is 0 Å². The summed E-state index contributed by atoms with van der Waals surface area (Å²) in [5.41, 5.74) is 5.55. The predicted molar refractivity (Wildman–Crippen MR) is 124 cm³/mol. The highest BCUT2D eigenvalue weighted by Gasteiger charge is 2.17. The molecule has 0 spiro atoms. The molecule has 3 aromatic carbocycles. The van der Waals surface area contributed by atoms with Crippen LogP contribution in [0.1, 0.15) is 16.1 Å². The molecule has 0 atom stereocenters. The third-order valence-electron chi connectivity index (χ3n) is 4.81. The molecule has 1 N–H and O–H groups in total. The first-order valence-electron chi connectivity index (χ1n) is 9.93. The van der Waals surface area contributed by atoms with Gasteiger partial charge in [-0.05, 0) is 60.2 Å². The zero-order chi connectivity index (χ0) is 23.2. The Morgan fingerprint density at radius 2 is 1.76 bits per heavy atom. The Balaban J connectivity index is 1.60. The second kappa shape index (κ2) is 9.56. The van der Waals surface area contributed by atoms with E-state index in [0.717, 1.165) is 17.0 Å². The minimum absolute atomic E-state index is 0.0194. The van der Waals surface area contributed by atoms with Crippen LogP contribution in [-0.2, 0) is 0 Å². The summed E-state index contributed by atoms with van der Waals surface area (Å²) in [6.07, 6.45) is 1.41. The molecule has 33 heavy (non-hydrogen) atoms. The summed E-state index contributed by atoms with van der Waals surface area (Å²) in [6, 6.07) is 24.2. The summed E-state index contributed by atoms with van der Waals surface area (Å²) in [4.78, 5) is 23.2. The Bertz CT molecular complexity index is 1300. The monoisotopic (exact) mass is 441 g/mol. The average molecular weight is 441 g/mol. The summed E-state index contributed by atoms with van der Waals surface area (Å²) < 4.78 is 6.75. The number of nitrogens with one attached hydrogen (secondary N) is 1. The van der Waals surface area contributed by atoms with E-state index in [1.165, 1.54) is 18.3 Å². The summed E-state index contributed by atoms with van der Waals surface area (Å²) in [6.45, 7) is 0. The van der Waals surface area contributed by atoms with Crippen molar-refractivity contribution in [2.45, 2.75) is 0 Å². The van der Waals surface area contributed by atoms with E-state index in [1.807, 2.05) is 54.6 Å². The molecule has 9 heteroatoms. The molecule has 4 rings (SSSR count). The quantitative estimate of drug-likeness (QED) is 0.262. The Labute approximate surface area is 189 Å². The van der Waals surface area contributed by atoms with Crippen molar-refractivity contribution in [2.24, 2.45) is 5.10 Å². The van der Waals surface area contributed by atoms with E-state index in [4.69, 9.17) is 4.74 Å². The molecule has 0 aliphatic heterocycles. The van der Waals surface area contributed by atoms with E-state index in [0.29, 0.717) is 17.0 Å². The summed E-state index contributed by atoms with van der Waals surface area (Å²) >= 11 is 0. The molecule has 0 aliphatic rings. The van der Waals surface area contributed by atoms with Gasteiger partial charge in [-0.25, -0.2) is 10.1 Å². The van der Waals surface area contributed by atoms with Crippen molar-refractivity contribution in [3.05, 3.63) is 106 Å². The standard InChI is InChI=1S/C24H19N5O4/c1-33-21-13-9-18(10-14-21)22-15-23(28(27-22)19-5-3-2-4-6-19)24(30)26-25-16-17-7-11-20(12-8-17)29(31)32/h2-16H,1H3,(H,26,30). The van der Waals surface area contributed by atoms with Crippen LogP contribution in [0.3, 0.4) is 0 Å². The fraction of sp³-hybridized carbons (Fsp3) is 0.0417. The molecular weight excluding hydrogens is 422 g/mol. The van der Waals surface area contributed by atoms with Crippen molar-refractivity contribution in [3.8, 4) is 22.7 Å². The van der Waals surface area contributed by atoms with Crippen LogP contribution >= 0.6 is 0 Å². The minimum atomic E-state index is -0.478. The van der Waals surface area contributed by atoms with Gasteiger partial charge in [-0.3, -0.25) is 14.9 Å². The maximum Gasteiger partial charge on any atom is 0.290 e. The van der Waals surface area contributed by atoms with Crippen molar-refractivity contribution in [1.82, 2.24) is 15.2 Å². The van der Waals surface area contributed by atoms with Crippen LogP contribution in [0.25, 0.3) is 16.9 Å². The molecule has 0 radical (unpaired) electrons. The normalized spacial score (nSPS) is 10.8. The van der Waals surface area contributed by atoms with Gasteiger partial charge in [0.25, 0.3) is 11.6 Å². The van der Waals surface area contributed by atoms with Crippen LogP contribution in [0.4, 0.5) is 5.69 Å². The summed E-state index contributed by atoms with van der Waals surface area (Å²) in [5.74, 6) is 0.268. The third-order valence-corrected chi connectivity index (χ3v) is 4.81. The van der Waals surface area contributed by atoms with Crippen molar-refractivity contribution in [1.29, 1.82) is 0 Å². The number of carbonyl (C=O) groups excluding carboxylic acids is 1. The largest absolute Gasteiger partial charge is 0.497 e. The van der Waals surface area contributed by atoms with E-state index in [9.17, 15) is 14.9 Å². The Morgan fingerprint density at radius 3 is 2.39 bits per heavy atom. The van der Waals surface area contributed by atoms with Crippen LogP contribution in [-0.4, -0.2) is 33.9 Å². The fourth-order valence-electron chi connectivity index (χ4n) is 3.12. The van der Waals surface area contributed by atoms with Gasteiger partial charge in [-0.2, -0.15) is 10.2 Å². The molecule has 164 valence electrons. The van der Waals surface area contributed by atoms with Gasteiger partial charge in [0.15, 0.2) is 0 Å². The van der Waals surface area contributed by atoms with Gasteiger partial charge in [0.2, 0.25) is 0 Å². The third kappa shape index (κ3) is 4.93. The van der Waals surface area contributed by atoms with Crippen molar-refractivity contribution in [3.63, 3.8) is 0 Å². The van der Waals surface area contributed by atoms with Gasteiger partial charge in [0.05, 0.1) is 29.6 Å². The first-order chi connectivity index (χ1) is 16.0. The highest BCUT2D eigenvalue weighted by molar-refractivity contribution is 5.95. The highest BCUT2D eigenvalue weighted by Crippen LogP contribution is 2.24. The number of benzene rings is 3. The van der Waals surface area contributed by atoms with E-state index in [2.05, 4.69) is 15.6 Å². The number of aromatic nitrogens is 2. The van der Waals surface area contributed by atoms with E-state index >= 15 is 0 Å². The lowest BCUT2D eigenvalue weighted by Gasteiger charge is -2.06. The Morgan fingerprint density at radius 1 is 1.06 bits per heavy atom. The number of nitrogens with zero attached hydrogens (tertiary/aromatic N) is 4. The zero-order valence-electron chi connectivity index (χ0n) is 17.6. The molecule has 0 bridgehead atoms. The maximum absolute atomic E-state index is 12.9. The average Bonchev–Trinajstić information content (AvgIpc) is 3.30. The number of non-ortho nitro benzene ring substituents is 1. The molecule has 1 amide bonds. The molecule has 1 heterocycles. The number of carbonyl (C=O) groups is 1. The number of hydrogen-bond acceptors (Lipinski definition) is 6. The van der Waals surface area contributed by atoms with Crippen molar-refractivity contribution in [2.75, 3.05) is 7.11 Å². The summed E-state index contributed by atoms with van der Waals surface area (Å²) in [5, 5.41) is 19.4. The number of ether oxygens (including phenoxy) is 1. The first-order valence-corrected chi connectivity index (χ1v) is 9.93. The number of para-hydroxylation sites is 1. The molecular formula is C24H19N5O4. The number of hydrazone groups is 1. The highest BCUT2D eigenvalue weighted by atomic mass is 16.6. The van der Waals surface area contributed by atoms with Gasteiger partial charge in [-0.1, -0.05) is 18.2 Å². The minimum Gasteiger partial charge on any atom is -0.497 e. The second-order valence-corrected chi connectivity index (χ2v) is 6.94. The zero-order valence-corrected chi connectivity index (χ0v) is 17.6. The lowest BCUT2D eigenvalue weighted by atomic mass is 10.1. The van der Waals surface area contributed by atoms with Gasteiger partial charge < -0.3 is 4.74 Å². The van der Waals surface area contributed by atoms with Crippen molar-refractivity contribution < 1.29 is 14.5 Å². The van der Waals surface area contributed by atoms with E-state index in [1.54, 1.807) is 30.0 Å². The Kier molecular flexibility index (Phi) is 6.21. The Hall–Kier alpha value is -4.79. The number of amides is 1. The predicted octanol–water partition coefficient (Wildman–Crippen LogP) is 4.22. The van der Waals surface area contributed by atoms with Gasteiger partial charge >= 0.3 is 0 Å². The van der Waals surface area contributed by atoms with E-state index in [-0.39, 0.29) is 5.69 Å². The summed E-state index contributed by atoms with van der Waals surface area (Å²) in [7, 11) is 1.60. The van der Waals surface area contributed by atoms with Crippen LogP contribution in [0.15, 0.2) is 90.0 Å². The molecule has 0 aliphatic carbocycles. The molecule has 4 aromatic rings. The SMILES string of the molecule is COc1ccc(-c2cc(C(=O)NN=Cc3ccc([N+](=O)[O-])cc3)n(-c3ccccc3)n2)cc1. The lowest BCUT2D eigenvalue weighted by molar-refractivity contribution is -0.384. The van der Waals surface area contributed by atoms with Gasteiger partial charge in [0.1, 0.15) is 11.4 Å². The number of rotatable bonds is 7. The molecule has 9 nitrogen and oxygen atoms in total. The number of methoxy groups -OCH3 is 1. The topological polar surface area (TPSA) is 112 Å². The van der Waals surface area contributed by atoms with Crippen LogP contribution in [0.5, 0.6) is 5.75 Å². The number of nitro groups is 1.